The van der Waals surface area contributed by atoms with Gasteiger partial charge in [-0.25, -0.2) is 0 Å². The average Bonchev–Trinajstić information content (AvgIpc) is 2.74. The van der Waals surface area contributed by atoms with Gasteiger partial charge in [0.05, 0.1) is 6.10 Å². The Morgan fingerprint density at radius 2 is 1.46 bits per heavy atom. The highest BCUT2D eigenvalue weighted by Crippen LogP contribution is 2.20. The molecular weight excluding hydrogens is 348 g/mol. The van der Waals surface area contributed by atoms with Crippen LogP contribution >= 0.6 is 0 Å². The highest BCUT2D eigenvalue weighted by Gasteiger charge is 2.25. The Kier molecular flexibility index (Phi) is 7.37. The largest absolute Gasteiger partial charge is 0.356 e. The fraction of sp³-hybridized carbons (Fsp3) is 0.458. The molecule has 0 aliphatic carbocycles. The molecule has 0 amide bonds. The van der Waals surface area contributed by atoms with E-state index in [1.54, 1.807) is 0 Å². The molecule has 1 saturated heterocycles. The lowest BCUT2D eigenvalue weighted by molar-refractivity contribution is -0.0976. The Morgan fingerprint density at radius 3 is 2.07 bits per heavy atom. The minimum Gasteiger partial charge on any atom is -0.356 e. The van der Waals surface area contributed by atoms with Gasteiger partial charge in [-0.3, -0.25) is 9.69 Å². The summed E-state index contributed by atoms with van der Waals surface area (Å²) in [5.74, 6) is 0.247. The first-order valence-corrected chi connectivity index (χ1v) is 10.3. The smallest absolute Gasteiger partial charge is 0.166 e. The summed E-state index contributed by atoms with van der Waals surface area (Å²) in [6.07, 6.45) is 0.165. The summed E-state index contributed by atoms with van der Waals surface area (Å²) in [6.45, 7) is 11.0. The van der Waals surface area contributed by atoms with E-state index in [0.717, 1.165) is 38.3 Å². The van der Waals surface area contributed by atoms with Gasteiger partial charge in [-0.05, 0) is 19.4 Å². The molecule has 150 valence electrons. The van der Waals surface area contributed by atoms with Crippen LogP contribution in [0.2, 0.25) is 0 Å². The number of ketones is 1. The van der Waals surface area contributed by atoms with E-state index >= 15 is 0 Å². The topological polar surface area (TPSA) is 32.8 Å². The van der Waals surface area contributed by atoms with E-state index < -0.39 is 0 Å². The fourth-order valence-electron chi connectivity index (χ4n) is 3.85. The van der Waals surface area contributed by atoms with Crippen molar-refractivity contribution in [3.8, 4) is 0 Å². The molecule has 0 radical (unpaired) electrons. The molecular formula is C24H32N2O2. The minimum absolute atomic E-state index is 0.0146. The summed E-state index contributed by atoms with van der Waals surface area (Å²) < 4.78 is 6.24. The maximum absolute atomic E-state index is 12.6. The normalized spacial score (nSPS) is 19.1. The van der Waals surface area contributed by atoms with E-state index in [0.29, 0.717) is 0 Å². The van der Waals surface area contributed by atoms with Crippen LogP contribution in [0.4, 0.5) is 0 Å². The van der Waals surface area contributed by atoms with Gasteiger partial charge in [-0.1, -0.05) is 67.6 Å². The molecule has 4 nitrogen and oxygen atoms in total. The van der Waals surface area contributed by atoms with E-state index in [9.17, 15) is 4.79 Å². The first-order valence-electron chi connectivity index (χ1n) is 10.3. The zero-order valence-corrected chi connectivity index (χ0v) is 17.3. The van der Waals surface area contributed by atoms with Crippen LogP contribution < -0.4 is 0 Å². The number of carbonyl (C=O) groups is 1. The summed E-state index contributed by atoms with van der Waals surface area (Å²) >= 11 is 0. The molecule has 0 saturated carbocycles. The van der Waals surface area contributed by atoms with Gasteiger partial charge < -0.3 is 9.64 Å². The van der Waals surface area contributed by atoms with Crippen molar-refractivity contribution in [2.24, 2.45) is 5.92 Å². The number of piperazine rings is 1. The van der Waals surface area contributed by atoms with Crippen molar-refractivity contribution in [2.75, 3.05) is 32.7 Å². The molecule has 1 aliphatic rings. The summed E-state index contributed by atoms with van der Waals surface area (Å²) in [5.41, 5.74) is 2.02. The molecule has 0 spiro atoms. The number of hydrogen-bond acceptors (Lipinski definition) is 4. The second-order valence-corrected chi connectivity index (χ2v) is 7.76. The molecule has 1 aliphatic heterocycles. The standard InChI is InChI=1S/C24H32N2O2/c1-19(24(27)23-12-8-5-9-13-23)18-25-14-16-26(17-15-25)21(3)28-20(2)22-10-6-4-7-11-22/h4-13,19-21H,14-18H2,1-3H3/t19-,20+,21-/m0/s1. The van der Waals surface area contributed by atoms with Crippen LogP contribution in [0.5, 0.6) is 0 Å². The third kappa shape index (κ3) is 5.51. The first kappa shape index (κ1) is 20.7. The number of hydrogen-bond donors (Lipinski definition) is 0. The number of carbonyl (C=O) groups excluding carboxylic acids is 1. The van der Waals surface area contributed by atoms with E-state index in [1.807, 2.05) is 43.3 Å². The lowest BCUT2D eigenvalue weighted by Gasteiger charge is -2.39. The molecule has 0 unspecified atom stereocenters. The molecule has 1 fully saturated rings. The van der Waals surface area contributed by atoms with Gasteiger partial charge in [0.2, 0.25) is 0 Å². The van der Waals surface area contributed by atoms with Gasteiger partial charge in [0, 0.05) is 44.2 Å². The Labute approximate surface area is 169 Å². The predicted molar refractivity (Wildman–Crippen MR) is 113 cm³/mol. The molecule has 3 atom stereocenters. The Bertz CT molecular complexity index is 727. The zero-order valence-electron chi connectivity index (χ0n) is 17.3. The summed E-state index contributed by atoms with van der Waals surface area (Å²) in [7, 11) is 0. The van der Waals surface area contributed by atoms with Crippen LogP contribution in [-0.4, -0.2) is 54.5 Å². The van der Waals surface area contributed by atoms with Crippen molar-refractivity contribution in [2.45, 2.75) is 33.1 Å². The molecule has 0 bridgehead atoms. The van der Waals surface area contributed by atoms with Crippen LogP contribution in [0.3, 0.4) is 0 Å². The van der Waals surface area contributed by atoms with Crippen molar-refractivity contribution < 1.29 is 9.53 Å². The molecule has 1 heterocycles. The first-order chi connectivity index (χ1) is 13.5. The number of benzene rings is 2. The van der Waals surface area contributed by atoms with Crippen molar-refractivity contribution in [3.05, 3.63) is 71.8 Å². The number of nitrogens with zero attached hydrogens (tertiary/aromatic N) is 2. The van der Waals surface area contributed by atoms with Gasteiger partial charge in [0.1, 0.15) is 6.23 Å². The van der Waals surface area contributed by atoms with E-state index in [2.05, 4.69) is 47.9 Å². The highest BCUT2D eigenvalue weighted by molar-refractivity contribution is 5.97. The molecule has 28 heavy (non-hydrogen) atoms. The van der Waals surface area contributed by atoms with Gasteiger partial charge >= 0.3 is 0 Å². The molecule has 0 aromatic heterocycles. The van der Waals surface area contributed by atoms with Gasteiger partial charge in [-0.15, -0.1) is 0 Å². The van der Waals surface area contributed by atoms with Crippen LogP contribution in [0.25, 0.3) is 0 Å². The van der Waals surface area contributed by atoms with E-state index in [4.69, 9.17) is 4.74 Å². The highest BCUT2D eigenvalue weighted by atomic mass is 16.5. The van der Waals surface area contributed by atoms with Gasteiger partial charge in [0.25, 0.3) is 0 Å². The van der Waals surface area contributed by atoms with Crippen molar-refractivity contribution in [3.63, 3.8) is 0 Å². The SMILES string of the molecule is C[C@H](O[C@H](C)c1ccccc1)N1CCN(C[C@H](C)C(=O)c2ccccc2)CC1. The second kappa shape index (κ2) is 9.97. The lowest BCUT2D eigenvalue weighted by atomic mass is 9.98. The third-order valence-electron chi connectivity index (χ3n) is 5.63. The van der Waals surface area contributed by atoms with Crippen LogP contribution in [0, 0.1) is 5.92 Å². The quantitative estimate of drug-likeness (QED) is 0.641. The van der Waals surface area contributed by atoms with Gasteiger partial charge in [-0.2, -0.15) is 0 Å². The maximum Gasteiger partial charge on any atom is 0.166 e. The van der Waals surface area contributed by atoms with Crippen LogP contribution in [-0.2, 0) is 4.74 Å². The monoisotopic (exact) mass is 380 g/mol. The summed E-state index contributed by atoms with van der Waals surface area (Å²) in [6, 6.07) is 20.0. The minimum atomic E-state index is 0.0146. The summed E-state index contributed by atoms with van der Waals surface area (Å²) in [4.78, 5) is 17.4. The molecule has 2 aromatic rings. The number of Topliss-reactive ketones (excluding diaryl/α,β-unsaturated/α-hetero) is 1. The van der Waals surface area contributed by atoms with Crippen LogP contribution in [0.15, 0.2) is 60.7 Å². The number of rotatable bonds is 8. The Morgan fingerprint density at radius 1 is 0.893 bits per heavy atom. The number of ether oxygens (including phenoxy) is 1. The molecule has 3 rings (SSSR count). The third-order valence-corrected chi connectivity index (χ3v) is 5.63. The maximum atomic E-state index is 12.6. The Hall–Kier alpha value is -2.01. The van der Waals surface area contributed by atoms with Gasteiger partial charge in [0.15, 0.2) is 5.78 Å². The van der Waals surface area contributed by atoms with E-state index in [-0.39, 0.29) is 24.0 Å². The average molecular weight is 381 g/mol. The van der Waals surface area contributed by atoms with Crippen molar-refractivity contribution in [1.29, 1.82) is 0 Å². The Balaban J connectivity index is 1.44. The van der Waals surface area contributed by atoms with E-state index in [1.165, 1.54) is 5.56 Å². The predicted octanol–water partition coefficient (Wildman–Crippen LogP) is 4.25. The molecule has 4 heteroatoms. The fourth-order valence-corrected chi connectivity index (χ4v) is 3.85. The van der Waals surface area contributed by atoms with Crippen molar-refractivity contribution in [1.82, 2.24) is 9.80 Å². The zero-order chi connectivity index (χ0) is 19.9. The van der Waals surface area contributed by atoms with Crippen LogP contribution in [0.1, 0.15) is 42.8 Å². The molecule has 2 aromatic carbocycles. The molecule has 0 N–H and O–H groups in total. The second-order valence-electron chi connectivity index (χ2n) is 7.76. The lowest BCUT2D eigenvalue weighted by Crippen LogP contribution is -2.51. The summed E-state index contributed by atoms with van der Waals surface area (Å²) in [5, 5.41) is 0. The van der Waals surface area contributed by atoms with Crippen molar-refractivity contribution >= 4 is 5.78 Å².